The number of nitrogens with one attached hydrogen (secondary N) is 1. The van der Waals surface area contributed by atoms with Crippen molar-refractivity contribution in [1.29, 1.82) is 0 Å². The molecule has 0 fully saturated rings. The van der Waals surface area contributed by atoms with Crippen molar-refractivity contribution < 1.29 is 17.9 Å². The summed E-state index contributed by atoms with van der Waals surface area (Å²) in [5, 5.41) is 0. The molecule has 1 aromatic carbocycles. The summed E-state index contributed by atoms with van der Waals surface area (Å²) in [6.45, 7) is 3.45. The fourth-order valence-electron chi connectivity index (χ4n) is 1.29. The first-order chi connectivity index (χ1) is 8.85. The number of hydrogen-bond donors (Lipinski definition) is 2. The minimum absolute atomic E-state index is 0.129. The molecule has 0 bridgehead atoms. The van der Waals surface area contributed by atoms with Gasteiger partial charge in [0.1, 0.15) is 5.75 Å². The summed E-state index contributed by atoms with van der Waals surface area (Å²) in [7, 11) is -3.52. The van der Waals surface area contributed by atoms with Gasteiger partial charge in [-0.1, -0.05) is 6.92 Å². The van der Waals surface area contributed by atoms with Crippen molar-refractivity contribution in [2.75, 3.05) is 6.61 Å². The second-order valence-electron chi connectivity index (χ2n) is 4.16. The van der Waals surface area contributed by atoms with Crippen molar-refractivity contribution in [1.82, 2.24) is 4.72 Å². The van der Waals surface area contributed by atoms with Crippen molar-refractivity contribution in [2.45, 2.75) is 31.2 Å². The van der Waals surface area contributed by atoms with E-state index < -0.39 is 15.9 Å². The lowest BCUT2D eigenvalue weighted by Gasteiger charge is -2.12. The van der Waals surface area contributed by atoms with Crippen LogP contribution in [0.3, 0.4) is 0 Å². The molecule has 3 N–H and O–H groups in total. The Labute approximate surface area is 113 Å². The molecular weight excluding hydrogens is 268 g/mol. The van der Waals surface area contributed by atoms with Crippen LogP contribution in [0, 0.1) is 0 Å². The molecule has 0 unspecified atom stereocenters. The molecule has 0 radical (unpaired) electrons. The van der Waals surface area contributed by atoms with Crippen LogP contribution in [0.1, 0.15) is 20.3 Å². The number of rotatable bonds is 7. The Morgan fingerprint density at radius 3 is 2.42 bits per heavy atom. The lowest BCUT2D eigenvalue weighted by Crippen LogP contribution is -2.31. The van der Waals surface area contributed by atoms with Crippen LogP contribution in [0.2, 0.25) is 0 Å². The van der Waals surface area contributed by atoms with E-state index in [1.54, 1.807) is 6.92 Å². The fraction of sp³-hybridized carbons (Fsp3) is 0.417. The molecule has 1 amide bonds. The summed E-state index contributed by atoms with van der Waals surface area (Å²) >= 11 is 0. The highest BCUT2D eigenvalue weighted by Gasteiger charge is 2.16. The van der Waals surface area contributed by atoms with Crippen molar-refractivity contribution in [3.05, 3.63) is 24.3 Å². The third-order valence-electron chi connectivity index (χ3n) is 2.48. The molecule has 1 rings (SSSR count). The second-order valence-corrected chi connectivity index (χ2v) is 5.87. The average Bonchev–Trinajstić information content (AvgIpc) is 2.36. The number of amides is 1. The lowest BCUT2D eigenvalue weighted by molar-refractivity contribution is -0.119. The van der Waals surface area contributed by atoms with E-state index in [9.17, 15) is 13.2 Å². The van der Waals surface area contributed by atoms with Gasteiger partial charge in [-0.3, -0.25) is 4.79 Å². The Hall–Kier alpha value is -1.60. The summed E-state index contributed by atoms with van der Waals surface area (Å²) in [5.74, 6) is -0.198. The van der Waals surface area contributed by atoms with E-state index in [1.165, 1.54) is 24.3 Å². The number of carbonyl (C=O) groups is 1. The van der Waals surface area contributed by atoms with E-state index in [1.807, 2.05) is 6.92 Å². The molecule has 106 valence electrons. The number of hydrogen-bond acceptors (Lipinski definition) is 4. The van der Waals surface area contributed by atoms with Crippen LogP contribution < -0.4 is 15.2 Å². The number of benzene rings is 1. The third kappa shape index (κ3) is 4.88. The molecule has 0 heterocycles. The molecule has 0 saturated heterocycles. The fourth-order valence-corrected chi connectivity index (χ4v) is 2.61. The molecule has 0 saturated carbocycles. The predicted octanol–water partition coefficient (Wildman–Crippen LogP) is 0.628. The number of sulfonamides is 1. The predicted molar refractivity (Wildman–Crippen MR) is 71.2 cm³/mol. The first kappa shape index (κ1) is 15.5. The Morgan fingerprint density at radius 2 is 1.95 bits per heavy atom. The van der Waals surface area contributed by atoms with Gasteiger partial charge in [0.25, 0.3) is 5.91 Å². The highest BCUT2D eigenvalue weighted by Crippen LogP contribution is 2.16. The van der Waals surface area contributed by atoms with Gasteiger partial charge in [-0.05, 0) is 37.6 Å². The van der Waals surface area contributed by atoms with Crippen LogP contribution in [-0.2, 0) is 14.8 Å². The van der Waals surface area contributed by atoms with E-state index in [4.69, 9.17) is 10.5 Å². The summed E-state index contributed by atoms with van der Waals surface area (Å²) in [5.41, 5.74) is 4.94. The molecule has 0 aliphatic carbocycles. The van der Waals surface area contributed by atoms with Crippen LogP contribution >= 0.6 is 0 Å². The van der Waals surface area contributed by atoms with Crippen molar-refractivity contribution in [3.63, 3.8) is 0 Å². The summed E-state index contributed by atoms with van der Waals surface area (Å²) in [6.07, 6.45) is 0.707. The highest BCUT2D eigenvalue weighted by molar-refractivity contribution is 7.89. The monoisotopic (exact) mass is 286 g/mol. The van der Waals surface area contributed by atoms with E-state index in [-0.39, 0.29) is 17.5 Å². The molecular formula is C12H18N2O4S. The number of carbonyl (C=O) groups excluding carboxylic acids is 1. The molecule has 0 aromatic heterocycles. The van der Waals surface area contributed by atoms with Gasteiger partial charge in [-0.25, -0.2) is 13.1 Å². The molecule has 1 aromatic rings. The Bertz CT molecular complexity index is 525. The summed E-state index contributed by atoms with van der Waals surface area (Å²) in [4.78, 5) is 10.7. The van der Waals surface area contributed by atoms with Crippen molar-refractivity contribution >= 4 is 15.9 Å². The van der Waals surface area contributed by atoms with Crippen LogP contribution in [0.4, 0.5) is 0 Å². The van der Waals surface area contributed by atoms with Gasteiger partial charge in [0, 0.05) is 6.04 Å². The van der Waals surface area contributed by atoms with Crippen LogP contribution in [-0.4, -0.2) is 27.0 Å². The zero-order valence-electron chi connectivity index (χ0n) is 10.9. The summed E-state index contributed by atoms with van der Waals surface area (Å²) < 4.78 is 31.5. The SMILES string of the molecule is CC[C@H](C)NS(=O)(=O)c1ccc(OCC(N)=O)cc1. The zero-order chi connectivity index (χ0) is 14.5. The van der Waals surface area contributed by atoms with Gasteiger partial charge < -0.3 is 10.5 Å². The minimum Gasteiger partial charge on any atom is -0.484 e. The molecule has 19 heavy (non-hydrogen) atoms. The minimum atomic E-state index is -3.52. The van der Waals surface area contributed by atoms with Crippen LogP contribution in [0.15, 0.2) is 29.2 Å². The van der Waals surface area contributed by atoms with Crippen LogP contribution in [0.5, 0.6) is 5.75 Å². The number of ether oxygens (including phenoxy) is 1. The standard InChI is InChI=1S/C12H18N2O4S/c1-3-9(2)14-19(16,17)11-6-4-10(5-7-11)18-8-12(13)15/h4-7,9,14H,3,8H2,1-2H3,(H2,13,15)/t9-/m0/s1. The Kier molecular flexibility index (Phi) is 5.31. The zero-order valence-corrected chi connectivity index (χ0v) is 11.7. The average molecular weight is 286 g/mol. The van der Waals surface area contributed by atoms with Crippen molar-refractivity contribution in [3.8, 4) is 5.75 Å². The number of primary amides is 1. The van der Waals surface area contributed by atoms with Gasteiger partial charge >= 0.3 is 0 Å². The third-order valence-corrected chi connectivity index (χ3v) is 4.09. The van der Waals surface area contributed by atoms with Gasteiger partial charge in [0.05, 0.1) is 4.90 Å². The maximum Gasteiger partial charge on any atom is 0.255 e. The normalized spacial score (nSPS) is 12.9. The van der Waals surface area contributed by atoms with E-state index >= 15 is 0 Å². The van der Waals surface area contributed by atoms with E-state index in [2.05, 4.69) is 4.72 Å². The largest absolute Gasteiger partial charge is 0.484 e. The van der Waals surface area contributed by atoms with Crippen molar-refractivity contribution in [2.24, 2.45) is 5.73 Å². The first-order valence-electron chi connectivity index (χ1n) is 5.88. The molecule has 7 heteroatoms. The van der Waals surface area contributed by atoms with E-state index in [0.29, 0.717) is 12.2 Å². The molecule has 1 atom stereocenters. The lowest BCUT2D eigenvalue weighted by atomic mass is 10.3. The maximum atomic E-state index is 12.0. The molecule has 6 nitrogen and oxygen atoms in total. The van der Waals surface area contributed by atoms with Gasteiger partial charge in [0.15, 0.2) is 6.61 Å². The smallest absolute Gasteiger partial charge is 0.255 e. The van der Waals surface area contributed by atoms with E-state index in [0.717, 1.165) is 0 Å². The van der Waals surface area contributed by atoms with Gasteiger partial charge in [-0.2, -0.15) is 0 Å². The molecule has 0 spiro atoms. The quantitative estimate of drug-likeness (QED) is 0.768. The molecule has 0 aliphatic heterocycles. The van der Waals surface area contributed by atoms with Gasteiger partial charge in [-0.15, -0.1) is 0 Å². The topological polar surface area (TPSA) is 98.5 Å². The Balaban J connectivity index is 2.77. The first-order valence-corrected chi connectivity index (χ1v) is 7.37. The number of nitrogens with two attached hydrogens (primary N) is 1. The summed E-state index contributed by atoms with van der Waals surface area (Å²) in [6, 6.07) is 5.67. The molecule has 0 aliphatic rings. The maximum absolute atomic E-state index is 12.0. The van der Waals surface area contributed by atoms with Gasteiger partial charge in [0.2, 0.25) is 10.0 Å². The Morgan fingerprint density at radius 1 is 1.37 bits per heavy atom. The van der Waals surface area contributed by atoms with Crippen LogP contribution in [0.25, 0.3) is 0 Å². The highest BCUT2D eigenvalue weighted by atomic mass is 32.2. The second kappa shape index (κ2) is 6.53.